The number of hydrogen-bond acceptors (Lipinski definition) is 3. The van der Waals surface area contributed by atoms with Crippen molar-refractivity contribution in [3.63, 3.8) is 0 Å². The van der Waals surface area contributed by atoms with Crippen molar-refractivity contribution in [2.75, 3.05) is 6.54 Å². The van der Waals surface area contributed by atoms with Gasteiger partial charge in [-0.3, -0.25) is 4.84 Å². The lowest BCUT2D eigenvalue weighted by Crippen LogP contribution is -2.23. The van der Waals surface area contributed by atoms with Crippen molar-refractivity contribution in [2.45, 2.75) is 25.5 Å². The van der Waals surface area contributed by atoms with Gasteiger partial charge in [-0.05, 0) is 12.5 Å². The molecule has 2 atom stereocenters. The van der Waals surface area contributed by atoms with Crippen LogP contribution in [-0.4, -0.2) is 17.7 Å². The summed E-state index contributed by atoms with van der Waals surface area (Å²) in [5.41, 5.74) is 1.22. The zero-order chi connectivity index (χ0) is 10.7. The maximum atomic E-state index is 8.73. The number of nitriles is 1. The molecule has 1 aliphatic heterocycles. The summed E-state index contributed by atoms with van der Waals surface area (Å²) in [7, 11) is 0. The second kappa shape index (κ2) is 4.43. The highest BCUT2D eigenvalue weighted by atomic mass is 16.7. The molecule has 0 bridgehead atoms. The van der Waals surface area contributed by atoms with Crippen LogP contribution in [-0.2, 0) is 4.84 Å². The van der Waals surface area contributed by atoms with E-state index in [0.717, 1.165) is 13.0 Å². The summed E-state index contributed by atoms with van der Waals surface area (Å²) in [4.78, 5) is 5.50. The van der Waals surface area contributed by atoms with Gasteiger partial charge in [0.1, 0.15) is 0 Å². The first-order valence-electron chi connectivity index (χ1n) is 5.19. The highest BCUT2D eigenvalue weighted by Gasteiger charge is 2.27. The summed E-state index contributed by atoms with van der Waals surface area (Å²) in [6.45, 7) is 2.92. The zero-order valence-corrected chi connectivity index (χ0v) is 8.76. The molecule has 1 fully saturated rings. The van der Waals surface area contributed by atoms with Gasteiger partial charge in [0.05, 0.1) is 12.1 Å². The molecule has 0 saturated carbocycles. The van der Waals surface area contributed by atoms with E-state index >= 15 is 0 Å². The second-order valence-electron chi connectivity index (χ2n) is 3.74. The largest absolute Gasteiger partial charge is 0.280 e. The van der Waals surface area contributed by atoms with E-state index in [-0.39, 0.29) is 12.1 Å². The maximum Gasteiger partial charge on any atom is 0.166 e. The molecule has 3 heteroatoms. The standard InChI is InChI=1S/C12H14N2O/c1-10(11-5-3-2-4-6-11)14-8-7-12(9-13)15-14/h2-6,10,12H,7-8H2,1H3/t10-,12?/m1/s1. The van der Waals surface area contributed by atoms with Crippen molar-refractivity contribution in [1.82, 2.24) is 5.06 Å². The molecular formula is C12H14N2O. The Morgan fingerprint density at radius 3 is 2.80 bits per heavy atom. The highest BCUT2D eigenvalue weighted by Crippen LogP contribution is 2.25. The fourth-order valence-corrected chi connectivity index (χ4v) is 1.78. The Balaban J connectivity index is 2.04. The summed E-state index contributed by atoms with van der Waals surface area (Å²) < 4.78 is 0. The van der Waals surface area contributed by atoms with E-state index in [1.54, 1.807) is 0 Å². The smallest absolute Gasteiger partial charge is 0.166 e. The Bertz CT molecular complexity index is 358. The van der Waals surface area contributed by atoms with Gasteiger partial charge in [-0.25, -0.2) is 0 Å². The van der Waals surface area contributed by atoms with Crippen LogP contribution >= 0.6 is 0 Å². The molecule has 3 nitrogen and oxygen atoms in total. The molecule has 15 heavy (non-hydrogen) atoms. The van der Waals surface area contributed by atoms with Crippen LogP contribution in [0.1, 0.15) is 24.9 Å². The molecule has 0 radical (unpaired) electrons. The summed E-state index contributed by atoms with van der Waals surface area (Å²) in [5, 5.41) is 10.6. The number of benzene rings is 1. The summed E-state index contributed by atoms with van der Waals surface area (Å²) in [6, 6.07) is 12.5. The summed E-state index contributed by atoms with van der Waals surface area (Å²) in [5.74, 6) is 0. The van der Waals surface area contributed by atoms with Gasteiger partial charge in [0.15, 0.2) is 6.10 Å². The third kappa shape index (κ3) is 2.17. The van der Waals surface area contributed by atoms with Crippen LogP contribution in [0.2, 0.25) is 0 Å². The fourth-order valence-electron chi connectivity index (χ4n) is 1.78. The minimum absolute atomic E-state index is 0.213. The average molecular weight is 202 g/mol. The van der Waals surface area contributed by atoms with Crippen LogP contribution in [0.25, 0.3) is 0 Å². The molecule has 1 aromatic rings. The van der Waals surface area contributed by atoms with Crippen molar-refractivity contribution in [2.24, 2.45) is 0 Å². The van der Waals surface area contributed by atoms with Crippen molar-refractivity contribution in [3.8, 4) is 6.07 Å². The first kappa shape index (κ1) is 10.2. The number of hydroxylamine groups is 2. The van der Waals surface area contributed by atoms with Gasteiger partial charge in [-0.1, -0.05) is 30.3 Å². The molecule has 2 rings (SSSR count). The molecule has 0 spiro atoms. The Kier molecular flexibility index (Phi) is 3.00. The molecule has 78 valence electrons. The fraction of sp³-hybridized carbons (Fsp3) is 0.417. The Hall–Kier alpha value is -1.37. The highest BCUT2D eigenvalue weighted by molar-refractivity contribution is 5.18. The third-order valence-electron chi connectivity index (χ3n) is 2.73. The molecule has 1 aliphatic rings. The molecule has 1 aromatic carbocycles. The van der Waals surface area contributed by atoms with Crippen LogP contribution in [0, 0.1) is 11.3 Å². The molecule has 0 aromatic heterocycles. The summed E-state index contributed by atoms with van der Waals surface area (Å²) >= 11 is 0. The Labute approximate surface area is 89.8 Å². The van der Waals surface area contributed by atoms with E-state index in [1.807, 2.05) is 23.3 Å². The number of nitrogens with zero attached hydrogens (tertiary/aromatic N) is 2. The van der Waals surface area contributed by atoms with E-state index in [1.165, 1.54) is 5.56 Å². The second-order valence-corrected chi connectivity index (χ2v) is 3.74. The van der Waals surface area contributed by atoms with E-state index < -0.39 is 0 Å². The average Bonchev–Trinajstić information content (AvgIpc) is 2.78. The first-order valence-corrected chi connectivity index (χ1v) is 5.19. The van der Waals surface area contributed by atoms with Gasteiger partial charge in [0.2, 0.25) is 0 Å². The normalized spacial score (nSPS) is 23.6. The lowest BCUT2D eigenvalue weighted by atomic mass is 10.1. The number of rotatable bonds is 2. The summed E-state index contributed by atoms with van der Waals surface area (Å²) in [6.07, 6.45) is 0.532. The van der Waals surface area contributed by atoms with Crippen LogP contribution in [0.5, 0.6) is 0 Å². The van der Waals surface area contributed by atoms with Crippen molar-refractivity contribution in [1.29, 1.82) is 5.26 Å². The van der Waals surface area contributed by atoms with Gasteiger partial charge >= 0.3 is 0 Å². The molecule has 1 unspecified atom stereocenters. The molecule has 0 amide bonds. The topological polar surface area (TPSA) is 36.3 Å². The predicted molar refractivity (Wildman–Crippen MR) is 56.7 cm³/mol. The van der Waals surface area contributed by atoms with Crippen LogP contribution in [0.3, 0.4) is 0 Å². The van der Waals surface area contributed by atoms with E-state index in [4.69, 9.17) is 10.1 Å². The Morgan fingerprint density at radius 1 is 1.47 bits per heavy atom. The van der Waals surface area contributed by atoms with Crippen LogP contribution in [0.15, 0.2) is 30.3 Å². The number of hydrogen-bond donors (Lipinski definition) is 0. The minimum atomic E-state index is -0.267. The van der Waals surface area contributed by atoms with E-state index in [2.05, 4.69) is 25.1 Å². The van der Waals surface area contributed by atoms with Crippen molar-refractivity contribution < 1.29 is 4.84 Å². The van der Waals surface area contributed by atoms with Gasteiger partial charge < -0.3 is 0 Å². The van der Waals surface area contributed by atoms with Crippen LogP contribution < -0.4 is 0 Å². The predicted octanol–water partition coefficient (Wildman–Crippen LogP) is 2.28. The van der Waals surface area contributed by atoms with E-state index in [0.29, 0.717) is 0 Å². The molecule has 0 aliphatic carbocycles. The lowest BCUT2D eigenvalue weighted by Gasteiger charge is -2.22. The maximum absolute atomic E-state index is 8.73. The van der Waals surface area contributed by atoms with Crippen molar-refractivity contribution in [3.05, 3.63) is 35.9 Å². The van der Waals surface area contributed by atoms with Gasteiger partial charge in [-0.2, -0.15) is 10.3 Å². The zero-order valence-electron chi connectivity index (χ0n) is 8.76. The molecular weight excluding hydrogens is 188 g/mol. The SMILES string of the molecule is C[C@H](c1ccccc1)N1CCC(C#N)O1. The van der Waals surface area contributed by atoms with Crippen LogP contribution in [0.4, 0.5) is 0 Å². The van der Waals surface area contributed by atoms with Gasteiger partial charge in [0, 0.05) is 13.0 Å². The van der Waals surface area contributed by atoms with E-state index in [9.17, 15) is 0 Å². The monoisotopic (exact) mass is 202 g/mol. The Morgan fingerprint density at radius 2 is 2.20 bits per heavy atom. The lowest BCUT2D eigenvalue weighted by molar-refractivity contribution is -0.156. The third-order valence-corrected chi connectivity index (χ3v) is 2.73. The van der Waals surface area contributed by atoms with Gasteiger partial charge in [0.25, 0.3) is 0 Å². The molecule has 0 N–H and O–H groups in total. The molecule has 1 heterocycles. The minimum Gasteiger partial charge on any atom is -0.280 e. The molecule has 1 saturated heterocycles. The quantitative estimate of drug-likeness (QED) is 0.738. The first-order chi connectivity index (χ1) is 7.31. The van der Waals surface area contributed by atoms with Crippen molar-refractivity contribution >= 4 is 0 Å². The van der Waals surface area contributed by atoms with Gasteiger partial charge in [-0.15, -0.1) is 0 Å².